The van der Waals surface area contributed by atoms with Gasteiger partial charge in [0.05, 0.1) is 5.56 Å². The molecule has 28 heavy (non-hydrogen) atoms. The number of aryl methyl sites for hydroxylation is 1. The number of hydrogen-bond donors (Lipinski definition) is 0. The van der Waals surface area contributed by atoms with Crippen LogP contribution in [0.1, 0.15) is 46.7 Å². The van der Waals surface area contributed by atoms with E-state index in [2.05, 4.69) is 27.4 Å². The lowest BCUT2D eigenvalue weighted by Gasteiger charge is -2.42. The monoisotopic (exact) mass is 461 g/mol. The number of nitrogens with zero attached hydrogens (tertiary/aromatic N) is 1. The first-order chi connectivity index (χ1) is 13.6. The molecule has 1 aromatic carbocycles. The second kappa shape index (κ2) is 6.97. The number of thiophene rings is 1. The number of rotatable bonds is 3. The van der Waals surface area contributed by atoms with Crippen molar-refractivity contribution in [3.8, 4) is 0 Å². The first-order valence-corrected chi connectivity index (χ1v) is 11.3. The van der Waals surface area contributed by atoms with E-state index in [4.69, 9.17) is 9.47 Å². The van der Waals surface area contributed by atoms with Crippen molar-refractivity contribution in [1.82, 2.24) is 4.90 Å². The maximum atomic E-state index is 12.0. The predicted molar refractivity (Wildman–Crippen MR) is 108 cm³/mol. The van der Waals surface area contributed by atoms with Gasteiger partial charge >= 0.3 is 17.8 Å². The van der Waals surface area contributed by atoms with E-state index < -0.39 is 17.8 Å². The third kappa shape index (κ3) is 2.83. The van der Waals surface area contributed by atoms with E-state index in [1.54, 1.807) is 0 Å². The molecule has 1 atom stereocenters. The number of carbonyl (C=O) groups is 2. The number of carbonyl (C=O) groups excluding carboxylic acids is 2. The van der Waals surface area contributed by atoms with E-state index in [-0.39, 0.29) is 0 Å². The van der Waals surface area contributed by atoms with E-state index in [9.17, 15) is 9.59 Å². The van der Waals surface area contributed by atoms with Crippen LogP contribution in [0.25, 0.3) is 0 Å². The van der Waals surface area contributed by atoms with Crippen LogP contribution in [0.3, 0.4) is 0 Å². The van der Waals surface area contributed by atoms with Crippen LogP contribution < -0.4 is 0 Å². The molecule has 146 valence electrons. The minimum atomic E-state index is -1.43. The number of ether oxygens (including phenoxy) is 2. The minimum absolute atomic E-state index is 0.503. The molecule has 0 radical (unpaired) electrons. The predicted octanol–water partition coefficient (Wildman–Crippen LogP) is 4.09. The molecule has 1 spiro atoms. The standard InChI is InChI=1S/C21H20BrNO4S/c22-17-5-2-4-16-15(17)8-11-23(21(16)26-19(24)20(25)27-21)10-7-13-3-1-6-18-14(13)9-12-28-18/h2,4-5,9,12-13H,1,3,6-8,10-11H2. The highest BCUT2D eigenvalue weighted by atomic mass is 79.9. The molecule has 1 aromatic heterocycles. The molecule has 3 heterocycles. The molecule has 2 aromatic rings. The molecule has 5 rings (SSSR count). The van der Waals surface area contributed by atoms with E-state index in [0.717, 1.165) is 28.4 Å². The molecule has 1 aliphatic carbocycles. The second-order valence-electron chi connectivity index (χ2n) is 7.54. The summed E-state index contributed by atoms with van der Waals surface area (Å²) < 4.78 is 12.1. The maximum Gasteiger partial charge on any atom is 0.422 e. The highest BCUT2D eigenvalue weighted by Gasteiger charge is 2.57. The molecule has 0 N–H and O–H groups in total. The molecular weight excluding hydrogens is 442 g/mol. The molecule has 0 saturated carbocycles. The quantitative estimate of drug-likeness (QED) is 0.508. The lowest BCUT2D eigenvalue weighted by atomic mass is 9.85. The fourth-order valence-electron chi connectivity index (χ4n) is 4.72. The summed E-state index contributed by atoms with van der Waals surface area (Å²) in [5, 5.41) is 2.18. The van der Waals surface area contributed by atoms with Gasteiger partial charge in [-0.15, -0.1) is 11.3 Å². The zero-order valence-electron chi connectivity index (χ0n) is 15.3. The molecule has 0 amide bonds. The van der Waals surface area contributed by atoms with Gasteiger partial charge in [0.25, 0.3) is 0 Å². The summed E-state index contributed by atoms with van der Waals surface area (Å²) in [6.07, 6.45) is 5.31. The van der Waals surface area contributed by atoms with Crippen LogP contribution in [-0.2, 0) is 37.8 Å². The average Bonchev–Trinajstić information content (AvgIpc) is 3.28. The van der Waals surface area contributed by atoms with Crippen LogP contribution in [0.5, 0.6) is 0 Å². The Morgan fingerprint density at radius 2 is 2.00 bits per heavy atom. The van der Waals surface area contributed by atoms with Crippen molar-refractivity contribution in [3.63, 3.8) is 0 Å². The van der Waals surface area contributed by atoms with Gasteiger partial charge in [0.1, 0.15) is 0 Å². The molecule has 1 fully saturated rings. The Hall–Kier alpha value is -1.70. The van der Waals surface area contributed by atoms with E-state index in [1.807, 2.05) is 34.4 Å². The molecule has 1 unspecified atom stereocenters. The maximum absolute atomic E-state index is 12.0. The van der Waals surface area contributed by atoms with Crippen LogP contribution in [-0.4, -0.2) is 29.9 Å². The Bertz CT molecular complexity index is 940. The van der Waals surface area contributed by atoms with Crippen molar-refractivity contribution < 1.29 is 19.1 Å². The Kier molecular flexibility index (Phi) is 4.56. The summed E-state index contributed by atoms with van der Waals surface area (Å²) in [6.45, 7) is 1.37. The normalized spacial score (nSPS) is 23.2. The van der Waals surface area contributed by atoms with Crippen LogP contribution in [0.2, 0.25) is 0 Å². The summed E-state index contributed by atoms with van der Waals surface area (Å²) in [5.74, 6) is -2.77. The van der Waals surface area contributed by atoms with Gasteiger partial charge in [-0.1, -0.05) is 22.0 Å². The van der Waals surface area contributed by atoms with Gasteiger partial charge in [0.2, 0.25) is 0 Å². The highest BCUT2D eigenvalue weighted by Crippen LogP contribution is 2.44. The van der Waals surface area contributed by atoms with Crippen LogP contribution in [0.15, 0.2) is 34.1 Å². The largest absolute Gasteiger partial charge is 0.422 e. The van der Waals surface area contributed by atoms with Crippen molar-refractivity contribution in [1.29, 1.82) is 0 Å². The van der Waals surface area contributed by atoms with E-state index in [0.29, 0.717) is 19.0 Å². The van der Waals surface area contributed by atoms with Crippen LogP contribution in [0, 0.1) is 0 Å². The van der Waals surface area contributed by atoms with Gasteiger partial charge in [0.15, 0.2) is 0 Å². The third-order valence-electron chi connectivity index (χ3n) is 6.06. The van der Waals surface area contributed by atoms with Crippen LogP contribution >= 0.6 is 27.3 Å². The molecule has 3 aliphatic rings. The number of hydrogen-bond acceptors (Lipinski definition) is 6. The summed E-state index contributed by atoms with van der Waals surface area (Å²) in [5.41, 5.74) is 3.23. The second-order valence-corrected chi connectivity index (χ2v) is 9.40. The Morgan fingerprint density at radius 3 is 2.82 bits per heavy atom. The average molecular weight is 462 g/mol. The molecule has 5 nitrogen and oxygen atoms in total. The Morgan fingerprint density at radius 1 is 1.18 bits per heavy atom. The van der Waals surface area contributed by atoms with E-state index >= 15 is 0 Å². The number of halogens is 1. The van der Waals surface area contributed by atoms with Gasteiger partial charge in [-0.05, 0) is 72.7 Å². The Balaban J connectivity index is 1.45. The van der Waals surface area contributed by atoms with Crippen molar-refractivity contribution in [2.75, 3.05) is 13.1 Å². The van der Waals surface area contributed by atoms with Gasteiger partial charge < -0.3 is 9.47 Å². The summed E-state index contributed by atoms with van der Waals surface area (Å²) in [4.78, 5) is 27.5. The number of esters is 2. The van der Waals surface area contributed by atoms with Gasteiger partial charge in [-0.3, -0.25) is 0 Å². The lowest BCUT2D eigenvalue weighted by molar-refractivity contribution is -0.264. The van der Waals surface area contributed by atoms with Gasteiger partial charge in [0, 0.05) is 22.4 Å². The molecule has 0 bridgehead atoms. The zero-order chi connectivity index (χ0) is 19.3. The highest BCUT2D eigenvalue weighted by molar-refractivity contribution is 9.10. The SMILES string of the molecule is O=C1OC2(OC1=O)c1cccc(Br)c1CCN2CCC1CCCc2sccc21. The Labute approximate surface area is 175 Å². The number of benzene rings is 1. The molecule has 1 saturated heterocycles. The van der Waals surface area contributed by atoms with Crippen molar-refractivity contribution >= 4 is 39.2 Å². The fourth-order valence-corrected chi connectivity index (χ4v) is 6.30. The summed E-state index contributed by atoms with van der Waals surface area (Å²) >= 11 is 5.42. The van der Waals surface area contributed by atoms with Crippen molar-refractivity contribution in [3.05, 3.63) is 55.7 Å². The van der Waals surface area contributed by atoms with Crippen molar-refractivity contribution in [2.45, 2.75) is 43.9 Å². The van der Waals surface area contributed by atoms with Gasteiger partial charge in [-0.25, -0.2) is 14.5 Å². The van der Waals surface area contributed by atoms with E-state index in [1.165, 1.54) is 29.7 Å². The summed E-state index contributed by atoms with van der Waals surface area (Å²) in [7, 11) is 0. The zero-order valence-corrected chi connectivity index (χ0v) is 17.7. The topological polar surface area (TPSA) is 55.8 Å². The smallest absolute Gasteiger partial charge is 0.395 e. The number of fused-ring (bicyclic) bond motifs is 3. The molecule has 2 aliphatic heterocycles. The minimum Gasteiger partial charge on any atom is -0.395 e. The fraction of sp³-hybridized carbons (Fsp3) is 0.429. The first-order valence-electron chi connectivity index (χ1n) is 9.64. The summed E-state index contributed by atoms with van der Waals surface area (Å²) in [6, 6.07) is 7.97. The molecule has 7 heteroatoms. The first kappa shape index (κ1) is 18.3. The molecular formula is C21H20BrNO4S. The van der Waals surface area contributed by atoms with Gasteiger partial charge in [-0.2, -0.15) is 0 Å². The third-order valence-corrected chi connectivity index (χ3v) is 7.80. The van der Waals surface area contributed by atoms with Crippen molar-refractivity contribution in [2.24, 2.45) is 0 Å². The van der Waals surface area contributed by atoms with Crippen LogP contribution in [0.4, 0.5) is 0 Å². The lowest BCUT2D eigenvalue weighted by Crippen LogP contribution is -2.52.